The van der Waals surface area contributed by atoms with Crippen LogP contribution in [0.1, 0.15) is 116 Å². The number of unbranched alkanes of at least 4 members (excludes halogenated alkanes) is 15. The first-order valence-electron chi connectivity index (χ1n) is 9.86. The van der Waals surface area contributed by atoms with Crippen molar-refractivity contribution in [3.63, 3.8) is 0 Å². The highest BCUT2D eigenvalue weighted by atomic mass is 14.0. The molecule has 1 radical (unpaired) electrons. The zero-order valence-corrected chi connectivity index (χ0v) is 14.9. The zero-order valence-electron chi connectivity index (χ0n) is 14.9. The first-order chi connectivity index (χ1) is 10.4. The highest BCUT2D eigenvalue weighted by Crippen LogP contribution is 2.11. The van der Waals surface area contributed by atoms with Crippen LogP contribution in [-0.2, 0) is 0 Å². The molecule has 0 fully saturated rings. The van der Waals surface area contributed by atoms with Crippen LogP contribution >= 0.6 is 0 Å². The Kier molecular flexibility index (Phi) is 19.5. The normalized spacial score (nSPS) is 11.5. The van der Waals surface area contributed by atoms with E-state index in [0.29, 0.717) is 0 Å². The molecule has 0 saturated heterocycles. The second kappa shape index (κ2) is 19.7. The second-order valence-electron chi connectivity index (χ2n) is 6.50. The van der Waals surface area contributed by atoms with E-state index in [2.05, 4.69) is 26.0 Å². The van der Waals surface area contributed by atoms with E-state index in [0.717, 1.165) is 6.42 Å². The van der Waals surface area contributed by atoms with Crippen LogP contribution < -0.4 is 0 Å². The first kappa shape index (κ1) is 20.7. The van der Waals surface area contributed by atoms with Gasteiger partial charge < -0.3 is 0 Å². The average Bonchev–Trinajstić information content (AvgIpc) is 2.50. The van der Waals surface area contributed by atoms with Gasteiger partial charge in [0.2, 0.25) is 0 Å². The van der Waals surface area contributed by atoms with E-state index in [1.165, 1.54) is 103 Å². The lowest BCUT2D eigenvalue weighted by molar-refractivity contribution is 0.570. The largest absolute Gasteiger partial charge is 0.0885 e. The maximum absolute atomic E-state index is 3.89. The summed E-state index contributed by atoms with van der Waals surface area (Å²) in [6.07, 6.45) is 28.3. The van der Waals surface area contributed by atoms with E-state index in [-0.39, 0.29) is 0 Å². The van der Waals surface area contributed by atoms with Crippen molar-refractivity contribution in [2.75, 3.05) is 0 Å². The van der Waals surface area contributed by atoms with Crippen molar-refractivity contribution in [3.8, 4) is 0 Å². The number of hydrogen-bond donors (Lipinski definition) is 0. The molecule has 21 heavy (non-hydrogen) atoms. The van der Waals surface area contributed by atoms with Gasteiger partial charge in [-0.3, -0.25) is 0 Å². The summed E-state index contributed by atoms with van der Waals surface area (Å²) in [4.78, 5) is 0. The molecule has 0 atom stereocenters. The van der Waals surface area contributed by atoms with E-state index >= 15 is 0 Å². The molecule has 0 N–H and O–H groups in total. The van der Waals surface area contributed by atoms with Crippen LogP contribution in [0.4, 0.5) is 0 Å². The van der Waals surface area contributed by atoms with Crippen molar-refractivity contribution in [1.29, 1.82) is 0 Å². The summed E-state index contributed by atoms with van der Waals surface area (Å²) in [6, 6.07) is 0. The van der Waals surface area contributed by atoms with Gasteiger partial charge in [0.25, 0.3) is 0 Å². The third-order valence-corrected chi connectivity index (χ3v) is 4.26. The van der Waals surface area contributed by atoms with Gasteiger partial charge in [-0.2, -0.15) is 0 Å². The van der Waals surface area contributed by atoms with E-state index in [9.17, 15) is 0 Å². The number of hydrogen-bond acceptors (Lipinski definition) is 0. The Morgan fingerprint density at radius 2 is 0.905 bits per heavy atom. The maximum Gasteiger partial charge on any atom is -0.0351 e. The minimum Gasteiger partial charge on any atom is -0.0885 e. The van der Waals surface area contributed by atoms with Crippen molar-refractivity contribution in [2.45, 2.75) is 116 Å². The van der Waals surface area contributed by atoms with Gasteiger partial charge in [-0.1, -0.05) is 109 Å². The Hall–Kier alpha value is -0.260. The van der Waals surface area contributed by atoms with Crippen LogP contribution in [0.5, 0.6) is 0 Å². The van der Waals surface area contributed by atoms with Crippen LogP contribution in [0.3, 0.4) is 0 Å². The van der Waals surface area contributed by atoms with Gasteiger partial charge in [0.15, 0.2) is 0 Å². The van der Waals surface area contributed by atoms with Crippen LogP contribution in [0.15, 0.2) is 12.2 Å². The third-order valence-electron chi connectivity index (χ3n) is 4.26. The summed E-state index contributed by atoms with van der Waals surface area (Å²) in [5, 5.41) is 0. The quantitative estimate of drug-likeness (QED) is 0.188. The fraction of sp³-hybridized carbons (Fsp3) is 0.857. The molecule has 0 nitrogen and oxygen atoms in total. The van der Waals surface area contributed by atoms with Crippen LogP contribution in [0, 0.1) is 6.92 Å². The zero-order chi connectivity index (χ0) is 15.4. The number of rotatable bonds is 17. The molecule has 0 aromatic rings. The lowest BCUT2D eigenvalue weighted by Crippen LogP contribution is -1.81. The summed E-state index contributed by atoms with van der Waals surface area (Å²) >= 11 is 0. The summed E-state index contributed by atoms with van der Waals surface area (Å²) in [6.45, 7) is 6.17. The topological polar surface area (TPSA) is 0 Å². The molecular weight excluding hydrogens is 252 g/mol. The SMILES string of the molecule is [CH2]CCCCCCCCCC/C=C\CCCCCCCC. The van der Waals surface area contributed by atoms with Crippen molar-refractivity contribution in [3.05, 3.63) is 19.1 Å². The Morgan fingerprint density at radius 3 is 1.33 bits per heavy atom. The van der Waals surface area contributed by atoms with Gasteiger partial charge in [-0.25, -0.2) is 0 Å². The van der Waals surface area contributed by atoms with Crippen molar-refractivity contribution in [2.24, 2.45) is 0 Å². The standard InChI is InChI=1S/C21H41/c1-3-5-7-9-11-13-15-17-19-21-20-18-16-14-12-10-8-6-4-2/h18,20H,1,3-17,19,21H2,2H3/b20-18-. The molecule has 0 rings (SSSR count). The van der Waals surface area contributed by atoms with Gasteiger partial charge in [0.1, 0.15) is 0 Å². The highest BCUT2D eigenvalue weighted by Gasteiger charge is 1.91. The molecular formula is C21H41. The van der Waals surface area contributed by atoms with Gasteiger partial charge in [0, 0.05) is 0 Å². The number of allylic oxidation sites excluding steroid dienone is 2. The van der Waals surface area contributed by atoms with Gasteiger partial charge in [0.05, 0.1) is 0 Å². The van der Waals surface area contributed by atoms with Crippen molar-refractivity contribution >= 4 is 0 Å². The average molecular weight is 294 g/mol. The molecule has 0 spiro atoms. The van der Waals surface area contributed by atoms with E-state index in [1.54, 1.807) is 0 Å². The van der Waals surface area contributed by atoms with E-state index < -0.39 is 0 Å². The summed E-state index contributed by atoms with van der Waals surface area (Å²) in [7, 11) is 0. The van der Waals surface area contributed by atoms with E-state index in [4.69, 9.17) is 0 Å². The predicted octanol–water partition coefficient (Wildman–Crippen LogP) is 8.03. The van der Waals surface area contributed by atoms with Gasteiger partial charge in [-0.05, 0) is 25.7 Å². The highest BCUT2D eigenvalue weighted by molar-refractivity contribution is 4.81. The van der Waals surface area contributed by atoms with Crippen molar-refractivity contribution < 1.29 is 0 Å². The molecule has 0 aliphatic carbocycles. The van der Waals surface area contributed by atoms with Crippen LogP contribution in [0.2, 0.25) is 0 Å². The molecule has 0 aromatic carbocycles. The summed E-state index contributed by atoms with van der Waals surface area (Å²) in [5.41, 5.74) is 0. The molecule has 0 saturated carbocycles. The van der Waals surface area contributed by atoms with Crippen molar-refractivity contribution in [1.82, 2.24) is 0 Å². The minimum atomic E-state index is 1.12. The Bertz CT molecular complexity index is 192. The van der Waals surface area contributed by atoms with Crippen LogP contribution in [-0.4, -0.2) is 0 Å². The summed E-state index contributed by atoms with van der Waals surface area (Å²) in [5.74, 6) is 0. The lowest BCUT2D eigenvalue weighted by Gasteiger charge is -2.00. The molecule has 125 valence electrons. The smallest absolute Gasteiger partial charge is 0.0351 e. The first-order valence-corrected chi connectivity index (χ1v) is 9.86. The third kappa shape index (κ3) is 19.7. The monoisotopic (exact) mass is 293 g/mol. The molecule has 0 aromatic heterocycles. The lowest BCUT2D eigenvalue weighted by atomic mass is 10.1. The molecule has 0 aliphatic rings. The summed E-state index contributed by atoms with van der Waals surface area (Å²) < 4.78 is 0. The Balaban J connectivity index is 3.02. The Labute approximate surface area is 135 Å². The fourth-order valence-electron chi connectivity index (χ4n) is 2.78. The molecule has 0 amide bonds. The maximum atomic E-state index is 3.89. The molecule has 0 unspecified atom stereocenters. The predicted molar refractivity (Wildman–Crippen MR) is 98.7 cm³/mol. The minimum absolute atomic E-state index is 1.12. The van der Waals surface area contributed by atoms with Gasteiger partial charge in [-0.15, -0.1) is 0 Å². The molecule has 0 bridgehead atoms. The van der Waals surface area contributed by atoms with Gasteiger partial charge >= 0.3 is 0 Å². The molecule has 0 heterocycles. The Morgan fingerprint density at radius 1 is 0.524 bits per heavy atom. The van der Waals surface area contributed by atoms with Crippen LogP contribution in [0.25, 0.3) is 0 Å². The molecule has 0 heteroatoms. The molecule has 0 aliphatic heterocycles. The fourth-order valence-corrected chi connectivity index (χ4v) is 2.78. The van der Waals surface area contributed by atoms with E-state index in [1.807, 2.05) is 0 Å². The second-order valence-corrected chi connectivity index (χ2v) is 6.50.